The topological polar surface area (TPSA) is 55.4 Å². The van der Waals surface area contributed by atoms with Crippen LogP contribution in [0.4, 0.5) is 8.78 Å². The molecule has 3 aromatic rings. The Morgan fingerprint density at radius 1 is 1.00 bits per heavy atom. The van der Waals surface area contributed by atoms with Crippen LogP contribution in [-0.2, 0) is 14.4 Å². The van der Waals surface area contributed by atoms with Gasteiger partial charge < -0.3 is 0 Å². The molecule has 3 rings (SSSR count). The quantitative estimate of drug-likeness (QED) is 0.521. The highest BCUT2D eigenvalue weighted by Crippen LogP contribution is 2.24. The summed E-state index contributed by atoms with van der Waals surface area (Å²) in [5.41, 5.74) is 5.11. The largest absolute Gasteiger partial charge is 0.312 e. The lowest BCUT2D eigenvalue weighted by atomic mass is 10.0. The fraction of sp³-hybridized carbons (Fsp3) is 0.130. The smallest absolute Gasteiger partial charge is 0.207 e. The lowest BCUT2D eigenvalue weighted by Crippen LogP contribution is -2.27. The van der Waals surface area contributed by atoms with E-state index in [9.17, 15) is 17.2 Å². The molecule has 0 aliphatic heterocycles. The van der Waals surface area contributed by atoms with Gasteiger partial charge in [0, 0.05) is 17.7 Å². The Bertz CT molecular complexity index is 1160. The summed E-state index contributed by atoms with van der Waals surface area (Å²) in [6.45, 7) is 3.59. The van der Waals surface area contributed by atoms with E-state index in [1.807, 2.05) is 13.0 Å². The highest BCUT2D eigenvalue weighted by atomic mass is 32.2. The SMILES string of the molecule is Cc1ccc(S(=O)(=O)ON[C@@H](C)/C=C/c2cccc(-c3ccc(F)cc3F)c2)cc1. The molecule has 7 heteroatoms. The van der Waals surface area contributed by atoms with E-state index in [4.69, 9.17) is 4.28 Å². The third-order valence-electron chi connectivity index (χ3n) is 4.36. The number of hydroxylamine groups is 1. The molecule has 0 bridgehead atoms. The number of aryl methyl sites for hydroxylation is 1. The van der Waals surface area contributed by atoms with Gasteiger partial charge in [-0.3, -0.25) is 0 Å². The summed E-state index contributed by atoms with van der Waals surface area (Å²) < 4.78 is 56.5. The second kappa shape index (κ2) is 9.30. The monoisotopic (exact) mass is 429 g/mol. The van der Waals surface area contributed by atoms with Crippen molar-refractivity contribution in [3.8, 4) is 11.1 Å². The van der Waals surface area contributed by atoms with E-state index in [1.54, 1.807) is 49.4 Å². The predicted octanol–water partition coefficient (Wildman–Crippen LogP) is 5.25. The fourth-order valence-corrected chi connectivity index (χ4v) is 3.56. The maximum atomic E-state index is 14.0. The molecule has 3 aromatic carbocycles. The van der Waals surface area contributed by atoms with Crippen LogP contribution in [0.25, 0.3) is 17.2 Å². The van der Waals surface area contributed by atoms with Gasteiger partial charge in [0.15, 0.2) is 0 Å². The van der Waals surface area contributed by atoms with Gasteiger partial charge in [0.25, 0.3) is 0 Å². The zero-order valence-electron chi connectivity index (χ0n) is 16.5. The van der Waals surface area contributed by atoms with E-state index >= 15 is 0 Å². The average Bonchev–Trinajstić information content (AvgIpc) is 2.71. The summed E-state index contributed by atoms with van der Waals surface area (Å²) >= 11 is 0. The van der Waals surface area contributed by atoms with E-state index in [1.165, 1.54) is 24.3 Å². The number of halogens is 2. The van der Waals surface area contributed by atoms with Crippen LogP contribution in [0.1, 0.15) is 18.1 Å². The molecular weight excluding hydrogens is 408 g/mol. The van der Waals surface area contributed by atoms with Crippen molar-refractivity contribution in [2.45, 2.75) is 24.8 Å². The van der Waals surface area contributed by atoms with Crippen LogP contribution < -0.4 is 5.48 Å². The first kappa shape index (κ1) is 21.8. The number of hydrogen-bond acceptors (Lipinski definition) is 4. The molecule has 0 fully saturated rings. The van der Waals surface area contributed by atoms with Crippen molar-refractivity contribution in [2.24, 2.45) is 0 Å². The first-order valence-electron chi connectivity index (χ1n) is 9.24. The van der Waals surface area contributed by atoms with E-state index in [2.05, 4.69) is 5.48 Å². The Morgan fingerprint density at radius 3 is 2.43 bits per heavy atom. The third-order valence-corrected chi connectivity index (χ3v) is 5.52. The molecule has 0 unspecified atom stereocenters. The summed E-state index contributed by atoms with van der Waals surface area (Å²) in [4.78, 5) is 0.0609. The summed E-state index contributed by atoms with van der Waals surface area (Å²) in [6.07, 6.45) is 3.47. The van der Waals surface area contributed by atoms with Crippen LogP contribution in [-0.4, -0.2) is 14.5 Å². The lowest BCUT2D eigenvalue weighted by molar-refractivity contribution is 0.187. The molecule has 0 aromatic heterocycles. The van der Waals surface area contributed by atoms with Crippen LogP contribution in [0, 0.1) is 18.6 Å². The molecule has 0 spiro atoms. The van der Waals surface area contributed by atoms with Crippen LogP contribution in [0.15, 0.2) is 77.7 Å². The molecular formula is C23H21F2NO3S. The summed E-state index contributed by atoms with van der Waals surface area (Å²) in [5, 5.41) is 0. The third kappa shape index (κ3) is 5.60. The van der Waals surface area contributed by atoms with Crippen LogP contribution in [0.2, 0.25) is 0 Å². The second-order valence-electron chi connectivity index (χ2n) is 6.87. The number of benzene rings is 3. The molecule has 156 valence electrons. The average molecular weight is 429 g/mol. The first-order valence-corrected chi connectivity index (χ1v) is 10.6. The highest BCUT2D eigenvalue weighted by molar-refractivity contribution is 7.86. The van der Waals surface area contributed by atoms with Crippen LogP contribution >= 0.6 is 0 Å². The van der Waals surface area contributed by atoms with Crippen molar-refractivity contribution >= 4 is 16.2 Å². The molecule has 30 heavy (non-hydrogen) atoms. The molecule has 0 aliphatic rings. The molecule has 0 saturated heterocycles. The van der Waals surface area contributed by atoms with E-state index in [0.29, 0.717) is 11.1 Å². The summed E-state index contributed by atoms with van der Waals surface area (Å²) in [5.74, 6) is -1.27. The molecule has 1 N–H and O–H groups in total. The molecule has 4 nitrogen and oxygen atoms in total. The zero-order chi connectivity index (χ0) is 21.7. The number of hydrogen-bond donors (Lipinski definition) is 1. The minimum Gasteiger partial charge on any atom is -0.207 e. The highest BCUT2D eigenvalue weighted by Gasteiger charge is 2.16. The normalized spacial score (nSPS) is 12.9. The van der Waals surface area contributed by atoms with Crippen molar-refractivity contribution in [2.75, 3.05) is 0 Å². The van der Waals surface area contributed by atoms with E-state index in [-0.39, 0.29) is 4.90 Å². The Kier molecular flexibility index (Phi) is 6.77. The van der Waals surface area contributed by atoms with Crippen molar-refractivity contribution in [3.05, 3.63) is 95.6 Å². The Labute approximate surface area is 174 Å². The Hall–Kier alpha value is -2.87. The van der Waals surface area contributed by atoms with E-state index < -0.39 is 27.8 Å². The van der Waals surface area contributed by atoms with Gasteiger partial charge in [0.2, 0.25) is 0 Å². The van der Waals surface area contributed by atoms with Gasteiger partial charge in [0.05, 0.1) is 4.90 Å². The van der Waals surface area contributed by atoms with Gasteiger partial charge in [-0.25, -0.2) is 8.78 Å². The predicted molar refractivity (Wildman–Crippen MR) is 113 cm³/mol. The van der Waals surface area contributed by atoms with Gasteiger partial charge >= 0.3 is 10.1 Å². The molecule has 0 radical (unpaired) electrons. The van der Waals surface area contributed by atoms with Gasteiger partial charge in [0.1, 0.15) is 11.6 Å². The fourth-order valence-electron chi connectivity index (χ4n) is 2.72. The molecule has 0 heterocycles. The minimum absolute atomic E-state index is 0.0609. The van der Waals surface area contributed by atoms with E-state index in [0.717, 1.165) is 17.2 Å². The van der Waals surface area contributed by atoms with Crippen molar-refractivity contribution < 1.29 is 21.5 Å². The Morgan fingerprint density at radius 2 is 1.73 bits per heavy atom. The molecule has 0 saturated carbocycles. The zero-order valence-corrected chi connectivity index (χ0v) is 17.3. The Balaban J connectivity index is 1.66. The molecule has 1 atom stereocenters. The van der Waals surface area contributed by atoms with Crippen LogP contribution in [0.3, 0.4) is 0 Å². The lowest BCUT2D eigenvalue weighted by Gasteiger charge is -2.10. The maximum Gasteiger partial charge on any atom is 0.312 e. The molecule has 0 amide bonds. The molecule has 0 aliphatic carbocycles. The summed E-state index contributed by atoms with van der Waals surface area (Å²) in [6, 6.07) is 16.4. The minimum atomic E-state index is -3.92. The second-order valence-corrected chi connectivity index (χ2v) is 8.41. The first-order chi connectivity index (χ1) is 14.2. The van der Waals surface area contributed by atoms with Gasteiger partial charge in [-0.05, 0) is 55.3 Å². The van der Waals surface area contributed by atoms with Crippen molar-refractivity contribution in [3.63, 3.8) is 0 Å². The summed E-state index contributed by atoms with van der Waals surface area (Å²) in [7, 11) is -3.92. The maximum absolute atomic E-state index is 14.0. The van der Waals surface area contributed by atoms with Gasteiger partial charge in [-0.15, -0.1) is 0 Å². The van der Waals surface area contributed by atoms with Crippen LogP contribution in [0.5, 0.6) is 0 Å². The van der Waals surface area contributed by atoms with Gasteiger partial charge in [-0.1, -0.05) is 48.0 Å². The number of nitrogens with one attached hydrogen (secondary N) is 1. The van der Waals surface area contributed by atoms with Crippen molar-refractivity contribution in [1.82, 2.24) is 5.48 Å². The van der Waals surface area contributed by atoms with Crippen molar-refractivity contribution in [1.29, 1.82) is 0 Å². The standard InChI is InChI=1S/C23H21F2NO3S/c1-16-6-11-21(12-7-16)30(27,28)29-26-17(2)8-9-18-4-3-5-19(14-18)22-13-10-20(24)15-23(22)25/h3-15,17,26H,1-2H3/b9-8+/t17-/m0/s1. The number of rotatable bonds is 7. The van der Waals surface area contributed by atoms with Gasteiger partial charge in [-0.2, -0.15) is 18.2 Å².